The van der Waals surface area contributed by atoms with Crippen LogP contribution < -0.4 is 9.80 Å². The topological polar surface area (TPSA) is 58.0 Å². The Morgan fingerprint density at radius 2 is 1.59 bits per heavy atom. The highest BCUT2D eigenvalue weighted by molar-refractivity contribution is 7.98. The molecule has 0 aliphatic carbocycles. The molecule has 1 aliphatic heterocycles. The molecule has 7 heteroatoms. The summed E-state index contributed by atoms with van der Waals surface area (Å²) in [5.41, 5.74) is 1.02. The van der Waals surface area contributed by atoms with Crippen LogP contribution in [0.3, 0.4) is 0 Å². The highest BCUT2D eigenvalue weighted by Gasteiger charge is 2.20. The molecule has 0 N–H and O–H groups in total. The standard InChI is InChI=1S/C15H20N6S/c1-11-8-13(18-12(2)17-11)20-4-6-21(7-5-20)14-9-16-10-15(19-14)22-3/h8-10H,4-7H2,1-3H3. The van der Waals surface area contributed by atoms with Crippen molar-refractivity contribution in [2.45, 2.75) is 18.9 Å². The minimum Gasteiger partial charge on any atom is -0.353 e. The molecule has 1 aliphatic rings. The van der Waals surface area contributed by atoms with E-state index in [1.807, 2.05) is 26.3 Å². The molecule has 22 heavy (non-hydrogen) atoms. The Morgan fingerprint density at radius 3 is 2.23 bits per heavy atom. The fraction of sp³-hybridized carbons (Fsp3) is 0.467. The molecule has 2 aromatic rings. The van der Waals surface area contributed by atoms with E-state index in [1.165, 1.54) is 0 Å². The zero-order valence-corrected chi connectivity index (χ0v) is 14.0. The first-order valence-electron chi connectivity index (χ1n) is 7.34. The molecule has 0 spiro atoms. The summed E-state index contributed by atoms with van der Waals surface area (Å²) >= 11 is 1.62. The molecule has 3 rings (SSSR count). The van der Waals surface area contributed by atoms with Crippen LogP contribution in [0.2, 0.25) is 0 Å². The Kier molecular flexibility index (Phi) is 4.42. The third-order valence-electron chi connectivity index (χ3n) is 3.69. The molecule has 116 valence electrons. The summed E-state index contributed by atoms with van der Waals surface area (Å²) in [7, 11) is 0. The first-order valence-corrected chi connectivity index (χ1v) is 8.56. The minimum absolute atomic E-state index is 0.830. The van der Waals surface area contributed by atoms with Gasteiger partial charge in [0.2, 0.25) is 0 Å². The SMILES string of the molecule is CSc1cncc(N2CCN(c3cc(C)nc(C)n3)CC2)n1. The molecule has 3 heterocycles. The van der Waals surface area contributed by atoms with Crippen LogP contribution in [0.1, 0.15) is 11.5 Å². The predicted octanol–water partition coefficient (Wildman–Crippen LogP) is 1.93. The van der Waals surface area contributed by atoms with Crippen molar-refractivity contribution >= 4 is 23.4 Å². The number of nitrogens with zero attached hydrogens (tertiary/aromatic N) is 6. The van der Waals surface area contributed by atoms with Crippen molar-refractivity contribution in [3.63, 3.8) is 0 Å². The van der Waals surface area contributed by atoms with Crippen molar-refractivity contribution in [3.05, 3.63) is 30.0 Å². The van der Waals surface area contributed by atoms with Crippen LogP contribution in [0.4, 0.5) is 11.6 Å². The van der Waals surface area contributed by atoms with Gasteiger partial charge in [-0.2, -0.15) is 0 Å². The van der Waals surface area contributed by atoms with Crippen LogP contribution in [-0.4, -0.2) is 52.4 Å². The molecule has 0 radical (unpaired) electrons. The van der Waals surface area contributed by atoms with Crippen LogP contribution in [0.25, 0.3) is 0 Å². The molecule has 1 saturated heterocycles. The summed E-state index contributed by atoms with van der Waals surface area (Å²) < 4.78 is 0. The van der Waals surface area contributed by atoms with Crippen molar-refractivity contribution in [1.29, 1.82) is 0 Å². The van der Waals surface area contributed by atoms with Gasteiger partial charge in [0.15, 0.2) is 0 Å². The van der Waals surface area contributed by atoms with Crippen LogP contribution in [0.15, 0.2) is 23.5 Å². The molecule has 0 bridgehead atoms. The predicted molar refractivity (Wildman–Crippen MR) is 89.7 cm³/mol. The molecule has 0 aromatic carbocycles. The molecule has 2 aromatic heterocycles. The van der Waals surface area contributed by atoms with Crippen LogP contribution >= 0.6 is 11.8 Å². The van der Waals surface area contributed by atoms with Gasteiger partial charge < -0.3 is 9.80 Å². The van der Waals surface area contributed by atoms with Gasteiger partial charge in [-0.1, -0.05) is 0 Å². The second-order valence-electron chi connectivity index (χ2n) is 5.31. The largest absolute Gasteiger partial charge is 0.353 e. The summed E-state index contributed by atoms with van der Waals surface area (Å²) in [4.78, 5) is 22.4. The third-order valence-corrected chi connectivity index (χ3v) is 4.30. The van der Waals surface area contributed by atoms with Crippen molar-refractivity contribution in [2.24, 2.45) is 0 Å². The van der Waals surface area contributed by atoms with Gasteiger partial charge in [0.05, 0.1) is 12.4 Å². The quantitative estimate of drug-likeness (QED) is 0.802. The number of anilines is 2. The molecular weight excluding hydrogens is 296 g/mol. The van der Waals surface area contributed by atoms with E-state index in [2.05, 4.69) is 35.8 Å². The Bertz CT molecular complexity index is 634. The smallest absolute Gasteiger partial charge is 0.148 e. The highest BCUT2D eigenvalue weighted by Crippen LogP contribution is 2.20. The lowest BCUT2D eigenvalue weighted by Crippen LogP contribution is -2.47. The molecule has 0 saturated carbocycles. The van der Waals surface area contributed by atoms with Gasteiger partial charge >= 0.3 is 0 Å². The summed E-state index contributed by atoms with van der Waals surface area (Å²) in [5, 5.41) is 0.960. The number of hydrogen-bond acceptors (Lipinski definition) is 7. The fourth-order valence-corrected chi connectivity index (χ4v) is 2.96. The van der Waals surface area contributed by atoms with E-state index in [0.29, 0.717) is 0 Å². The number of aromatic nitrogens is 4. The van der Waals surface area contributed by atoms with E-state index in [0.717, 1.165) is 54.4 Å². The van der Waals surface area contributed by atoms with Crippen LogP contribution in [0, 0.1) is 13.8 Å². The zero-order valence-electron chi connectivity index (χ0n) is 13.2. The monoisotopic (exact) mass is 316 g/mol. The molecule has 6 nitrogen and oxygen atoms in total. The molecule has 0 atom stereocenters. The Hall–Kier alpha value is -1.89. The average Bonchev–Trinajstić information content (AvgIpc) is 2.54. The molecular formula is C15H20N6S. The second-order valence-corrected chi connectivity index (χ2v) is 6.13. The maximum absolute atomic E-state index is 4.62. The Labute approximate surface area is 135 Å². The summed E-state index contributed by atoms with van der Waals surface area (Å²) in [6, 6.07) is 2.05. The van der Waals surface area contributed by atoms with Crippen molar-refractivity contribution in [3.8, 4) is 0 Å². The fourth-order valence-electron chi connectivity index (χ4n) is 2.61. The Balaban J connectivity index is 1.69. The van der Waals surface area contributed by atoms with Gasteiger partial charge in [0.25, 0.3) is 0 Å². The maximum atomic E-state index is 4.62. The van der Waals surface area contributed by atoms with Crippen LogP contribution in [-0.2, 0) is 0 Å². The lowest BCUT2D eigenvalue weighted by Gasteiger charge is -2.36. The van der Waals surface area contributed by atoms with Gasteiger partial charge in [-0.3, -0.25) is 4.98 Å². The number of thioether (sulfide) groups is 1. The summed E-state index contributed by atoms with van der Waals surface area (Å²) in [6.45, 7) is 7.67. The van der Waals surface area contributed by atoms with Crippen LogP contribution in [0.5, 0.6) is 0 Å². The lowest BCUT2D eigenvalue weighted by atomic mass is 10.3. The highest BCUT2D eigenvalue weighted by atomic mass is 32.2. The van der Waals surface area contributed by atoms with E-state index in [-0.39, 0.29) is 0 Å². The van der Waals surface area contributed by atoms with Gasteiger partial charge in [-0.25, -0.2) is 15.0 Å². The number of piperazine rings is 1. The first kappa shape index (κ1) is 15.0. The number of rotatable bonds is 3. The minimum atomic E-state index is 0.830. The molecule has 0 amide bonds. The zero-order chi connectivity index (χ0) is 15.5. The summed E-state index contributed by atoms with van der Waals surface area (Å²) in [6.07, 6.45) is 5.66. The van der Waals surface area contributed by atoms with E-state index < -0.39 is 0 Å². The van der Waals surface area contributed by atoms with Gasteiger partial charge in [-0.05, 0) is 20.1 Å². The van der Waals surface area contributed by atoms with Gasteiger partial charge in [0, 0.05) is 37.9 Å². The van der Waals surface area contributed by atoms with Gasteiger partial charge in [0.1, 0.15) is 22.5 Å². The lowest BCUT2D eigenvalue weighted by molar-refractivity contribution is 0.636. The third kappa shape index (κ3) is 3.30. The molecule has 1 fully saturated rings. The van der Waals surface area contributed by atoms with Crippen molar-refractivity contribution in [1.82, 2.24) is 19.9 Å². The second kappa shape index (κ2) is 6.48. The first-order chi connectivity index (χ1) is 10.7. The van der Waals surface area contributed by atoms with E-state index in [9.17, 15) is 0 Å². The molecule has 0 unspecified atom stereocenters. The van der Waals surface area contributed by atoms with Gasteiger partial charge in [-0.15, -0.1) is 11.8 Å². The normalized spacial score (nSPS) is 15.2. The maximum Gasteiger partial charge on any atom is 0.148 e. The van der Waals surface area contributed by atoms with E-state index >= 15 is 0 Å². The van der Waals surface area contributed by atoms with Crippen molar-refractivity contribution in [2.75, 3.05) is 42.2 Å². The number of hydrogen-bond donors (Lipinski definition) is 0. The van der Waals surface area contributed by atoms with Crippen molar-refractivity contribution < 1.29 is 0 Å². The Morgan fingerprint density at radius 1 is 0.909 bits per heavy atom. The number of aryl methyl sites for hydroxylation is 2. The van der Waals surface area contributed by atoms with E-state index in [4.69, 9.17) is 0 Å². The average molecular weight is 316 g/mol. The van der Waals surface area contributed by atoms with E-state index in [1.54, 1.807) is 18.0 Å². The summed E-state index contributed by atoms with van der Waals surface area (Å²) in [5.74, 6) is 2.81.